The van der Waals surface area contributed by atoms with Crippen LogP contribution >= 0.6 is 34.2 Å². The minimum Gasteiger partial charge on any atom is -0.444 e. The molecule has 1 N–H and O–H groups in total. The average molecular weight is 363 g/mol. The SMILES string of the molecule is CCNCc1coc(-c2ccc(I)c(Cl)c2)n1. The molecule has 5 heteroatoms. The zero-order valence-corrected chi connectivity index (χ0v) is 12.2. The third-order valence-corrected chi connectivity index (χ3v) is 3.85. The summed E-state index contributed by atoms with van der Waals surface area (Å²) in [4.78, 5) is 4.40. The number of halogens is 2. The molecule has 0 spiro atoms. The van der Waals surface area contributed by atoms with Crippen LogP contribution in [0.1, 0.15) is 12.6 Å². The second kappa shape index (κ2) is 5.84. The highest BCUT2D eigenvalue weighted by Gasteiger charge is 2.08. The highest BCUT2D eigenvalue weighted by Crippen LogP contribution is 2.26. The summed E-state index contributed by atoms with van der Waals surface area (Å²) in [5.74, 6) is 0.608. The first-order valence-electron chi connectivity index (χ1n) is 5.31. The predicted molar refractivity (Wildman–Crippen MR) is 77.0 cm³/mol. The molecule has 0 atom stereocenters. The van der Waals surface area contributed by atoms with E-state index in [1.165, 1.54) is 0 Å². The number of rotatable bonds is 4. The van der Waals surface area contributed by atoms with Gasteiger partial charge in [-0.05, 0) is 47.3 Å². The molecule has 17 heavy (non-hydrogen) atoms. The largest absolute Gasteiger partial charge is 0.444 e. The molecule has 0 unspecified atom stereocenters. The lowest BCUT2D eigenvalue weighted by Crippen LogP contribution is -2.11. The molecule has 0 amide bonds. The zero-order chi connectivity index (χ0) is 12.3. The lowest BCUT2D eigenvalue weighted by Gasteiger charge is -1.98. The smallest absolute Gasteiger partial charge is 0.226 e. The van der Waals surface area contributed by atoms with Crippen LogP contribution < -0.4 is 5.32 Å². The van der Waals surface area contributed by atoms with E-state index in [4.69, 9.17) is 16.0 Å². The maximum atomic E-state index is 6.06. The Morgan fingerprint density at radius 3 is 3.00 bits per heavy atom. The average Bonchev–Trinajstić information content (AvgIpc) is 2.79. The first-order valence-corrected chi connectivity index (χ1v) is 6.77. The molecule has 2 rings (SSSR count). The topological polar surface area (TPSA) is 38.1 Å². The molecule has 90 valence electrons. The molecule has 2 aromatic rings. The Morgan fingerprint density at radius 1 is 1.47 bits per heavy atom. The van der Waals surface area contributed by atoms with E-state index in [2.05, 4.69) is 39.8 Å². The first-order chi connectivity index (χ1) is 8.20. The lowest BCUT2D eigenvalue weighted by molar-refractivity contribution is 0.570. The normalized spacial score (nSPS) is 10.8. The summed E-state index contributed by atoms with van der Waals surface area (Å²) >= 11 is 8.26. The van der Waals surface area contributed by atoms with Crippen molar-refractivity contribution in [3.8, 4) is 11.5 Å². The highest BCUT2D eigenvalue weighted by atomic mass is 127. The monoisotopic (exact) mass is 362 g/mol. The number of nitrogens with zero attached hydrogens (tertiary/aromatic N) is 1. The number of hydrogen-bond acceptors (Lipinski definition) is 3. The van der Waals surface area contributed by atoms with Gasteiger partial charge in [-0.15, -0.1) is 0 Å². The maximum Gasteiger partial charge on any atom is 0.226 e. The van der Waals surface area contributed by atoms with Crippen molar-refractivity contribution in [3.63, 3.8) is 0 Å². The number of hydrogen-bond donors (Lipinski definition) is 1. The second-order valence-corrected chi connectivity index (χ2v) is 5.12. The third-order valence-electron chi connectivity index (χ3n) is 2.27. The highest BCUT2D eigenvalue weighted by molar-refractivity contribution is 14.1. The van der Waals surface area contributed by atoms with E-state index >= 15 is 0 Å². The standard InChI is InChI=1S/C12H12ClIN2O/c1-2-15-6-9-7-17-12(16-9)8-3-4-11(14)10(13)5-8/h3-5,7,15H,2,6H2,1H3. The Balaban J connectivity index is 2.21. The fourth-order valence-corrected chi connectivity index (χ4v) is 1.92. The molecule has 0 bridgehead atoms. The zero-order valence-electron chi connectivity index (χ0n) is 9.34. The molecule has 0 radical (unpaired) electrons. The van der Waals surface area contributed by atoms with Crippen LogP contribution in [-0.2, 0) is 6.54 Å². The van der Waals surface area contributed by atoms with Crippen molar-refractivity contribution >= 4 is 34.2 Å². The van der Waals surface area contributed by atoms with E-state index in [0.29, 0.717) is 5.89 Å². The van der Waals surface area contributed by atoms with Gasteiger partial charge >= 0.3 is 0 Å². The van der Waals surface area contributed by atoms with E-state index in [9.17, 15) is 0 Å². The molecule has 0 aliphatic rings. The molecule has 0 fully saturated rings. The quantitative estimate of drug-likeness (QED) is 0.843. The van der Waals surface area contributed by atoms with Crippen molar-refractivity contribution in [2.75, 3.05) is 6.54 Å². The Labute approximate surface area is 119 Å². The fourth-order valence-electron chi connectivity index (χ4n) is 1.40. The van der Waals surface area contributed by atoms with Gasteiger partial charge in [0.1, 0.15) is 6.26 Å². The summed E-state index contributed by atoms with van der Waals surface area (Å²) in [6, 6.07) is 5.77. The van der Waals surface area contributed by atoms with Gasteiger partial charge in [0.15, 0.2) is 0 Å². The van der Waals surface area contributed by atoms with Crippen LogP contribution in [0, 0.1) is 3.57 Å². The van der Waals surface area contributed by atoms with Crippen molar-refractivity contribution < 1.29 is 4.42 Å². The fraction of sp³-hybridized carbons (Fsp3) is 0.250. The summed E-state index contributed by atoms with van der Waals surface area (Å²) in [5, 5.41) is 3.92. The van der Waals surface area contributed by atoms with Gasteiger partial charge in [0.25, 0.3) is 0 Å². The number of oxazole rings is 1. The van der Waals surface area contributed by atoms with Crippen molar-refractivity contribution in [1.82, 2.24) is 10.3 Å². The molecular formula is C12H12ClIN2O. The minimum atomic E-state index is 0.608. The second-order valence-electron chi connectivity index (χ2n) is 3.55. The molecule has 1 aromatic heterocycles. The van der Waals surface area contributed by atoms with Crippen LogP contribution in [-0.4, -0.2) is 11.5 Å². The van der Waals surface area contributed by atoms with Crippen molar-refractivity contribution in [3.05, 3.63) is 38.7 Å². The molecular weight excluding hydrogens is 351 g/mol. The van der Waals surface area contributed by atoms with Crippen molar-refractivity contribution in [2.24, 2.45) is 0 Å². The van der Waals surface area contributed by atoms with Gasteiger partial charge in [-0.25, -0.2) is 4.98 Å². The van der Waals surface area contributed by atoms with Crippen LogP contribution in [0.15, 0.2) is 28.9 Å². The van der Waals surface area contributed by atoms with Gasteiger partial charge in [0.2, 0.25) is 5.89 Å². The third kappa shape index (κ3) is 3.20. The van der Waals surface area contributed by atoms with Crippen LogP contribution in [0.25, 0.3) is 11.5 Å². The van der Waals surface area contributed by atoms with E-state index in [-0.39, 0.29) is 0 Å². The van der Waals surface area contributed by atoms with E-state index in [0.717, 1.165) is 32.9 Å². The molecule has 1 aromatic carbocycles. The summed E-state index contributed by atoms with van der Waals surface area (Å²) in [5.41, 5.74) is 1.80. The number of aromatic nitrogens is 1. The number of nitrogens with one attached hydrogen (secondary N) is 1. The summed E-state index contributed by atoms with van der Waals surface area (Å²) in [7, 11) is 0. The molecule has 3 nitrogen and oxygen atoms in total. The maximum absolute atomic E-state index is 6.06. The molecule has 0 saturated heterocycles. The van der Waals surface area contributed by atoms with Gasteiger partial charge < -0.3 is 9.73 Å². The molecule has 0 saturated carbocycles. The van der Waals surface area contributed by atoms with E-state index in [1.807, 2.05) is 18.2 Å². The van der Waals surface area contributed by atoms with Gasteiger partial charge in [-0.3, -0.25) is 0 Å². The van der Waals surface area contributed by atoms with Gasteiger partial charge in [-0.1, -0.05) is 18.5 Å². The predicted octanol–water partition coefficient (Wildman–Crippen LogP) is 3.71. The summed E-state index contributed by atoms with van der Waals surface area (Å²) in [6.45, 7) is 3.69. The Bertz CT molecular complexity index is 513. The first kappa shape index (κ1) is 12.9. The Hall–Kier alpha value is -0.590. The van der Waals surface area contributed by atoms with Crippen molar-refractivity contribution in [2.45, 2.75) is 13.5 Å². The van der Waals surface area contributed by atoms with Crippen molar-refractivity contribution in [1.29, 1.82) is 0 Å². The van der Waals surface area contributed by atoms with E-state index in [1.54, 1.807) is 6.26 Å². The Morgan fingerprint density at radius 2 is 2.29 bits per heavy atom. The van der Waals surface area contributed by atoms with Gasteiger partial charge in [0.05, 0.1) is 10.7 Å². The lowest BCUT2D eigenvalue weighted by atomic mass is 10.2. The van der Waals surface area contributed by atoms with Crippen LogP contribution in [0.3, 0.4) is 0 Å². The van der Waals surface area contributed by atoms with Crippen LogP contribution in [0.2, 0.25) is 5.02 Å². The Kier molecular flexibility index (Phi) is 4.42. The van der Waals surface area contributed by atoms with E-state index < -0.39 is 0 Å². The van der Waals surface area contributed by atoms with Crippen LogP contribution in [0.5, 0.6) is 0 Å². The van der Waals surface area contributed by atoms with Gasteiger partial charge in [0, 0.05) is 15.7 Å². The summed E-state index contributed by atoms with van der Waals surface area (Å²) < 4.78 is 6.45. The van der Waals surface area contributed by atoms with Crippen LogP contribution in [0.4, 0.5) is 0 Å². The minimum absolute atomic E-state index is 0.608. The van der Waals surface area contributed by atoms with Gasteiger partial charge in [-0.2, -0.15) is 0 Å². The molecule has 0 aliphatic heterocycles. The molecule has 1 heterocycles. The molecule has 0 aliphatic carbocycles. The summed E-state index contributed by atoms with van der Waals surface area (Å²) in [6.07, 6.45) is 1.67. The number of benzene rings is 1.